The monoisotopic (exact) mass is 484 g/mol. The first-order valence-corrected chi connectivity index (χ1v) is 13.2. The number of fused-ring (bicyclic) bond motifs is 1. The molecule has 0 unspecified atom stereocenters. The summed E-state index contributed by atoms with van der Waals surface area (Å²) in [4.78, 5) is 18.9. The highest BCUT2D eigenvalue weighted by atomic mass is 16.1. The van der Waals surface area contributed by atoms with E-state index < -0.39 is 0 Å². The number of nitrogens with zero attached hydrogens (tertiary/aromatic N) is 5. The molecule has 1 N–H and O–H groups in total. The molecule has 4 aromatic rings. The molecule has 36 heavy (non-hydrogen) atoms. The van der Waals surface area contributed by atoms with Crippen LogP contribution in [0.4, 0.5) is 0 Å². The molecule has 1 saturated carbocycles. The molecule has 0 saturated heterocycles. The van der Waals surface area contributed by atoms with E-state index in [0.717, 1.165) is 40.7 Å². The van der Waals surface area contributed by atoms with Gasteiger partial charge in [-0.05, 0) is 64.8 Å². The summed E-state index contributed by atoms with van der Waals surface area (Å²) in [6, 6.07) is 19.0. The van der Waals surface area contributed by atoms with Gasteiger partial charge in [-0.25, -0.2) is 4.68 Å². The van der Waals surface area contributed by atoms with E-state index in [-0.39, 0.29) is 17.5 Å². The van der Waals surface area contributed by atoms with E-state index >= 15 is 0 Å². The maximum atomic E-state index is 13.2. The fourth-order valence-corrected chi connectivity index (χ4v) is 5.66. The van der Waals surface area contributed by atoms with Crippen LogP contribution in [0.2, 0.25) is 0 Å². The van der Waals surface area contributed by atoms with Gasteiger partial charge in [0.2, 0.25) is 0 Å². The zero-order valence-corrected chi connectivity index (χ0v) is 21.5. The minimum Gasteiger partial charge on any atom is -0.322 e. The van der Waals surface area contributed by atoms with Crippen molar-refractivity contribution in [3.05, 3.63) is 87.5 Å². The summed E-state index contributed by atoms with van der Waals surface area (Å²) in [6.45, 7) is 7.71. The maximum Gasteiger partial charge on any atom is 0.252 e. The first-order valence-electron chi connectivity index (χ1n) is 13.2. The fourth-order valence-electron chi connectivity index (χ4n) is 5.66. The lowest BCUT2D eigenvalue weighted by atomic mass is 9.90. The number of hydrogen-bond acceptors (Lipinski definition) is 5. The highest BCUT2D eigenvalue weighted by Crippen LogP contribution is 2.35. The quantitative estimate of drug-likeness (QED) is 0.362. The van der Waals surface area contributed by atoms with Gasteiger partial charge in [0.1, 0.15) is 0 Å². The Morgan fingerprint density at radius 1 is 1.06 bits per heavy atom. The highest BCUT2D eigenvalue weighted by molar-refractivity contribution is 5.79. The Balaban J connectivity index is 1.53. The lowest BCUT2D eigenvalue weighted by Gasteiger charge is -2.41. The molecular weight excluding hydrogens is 448 g/mol. The molecular formula is C29H36N6O. The number of pyridine rings is 1. The number of H-pyrrole nitrogens is 1. The topological polar surface area (TPSA) is 79.7 Å². The van der Waals surface area contributed by atoms with E-state index in [1.807, 2.05) is 35.9 Å². The van der Waals surface area contributed by atoms with Crippen LogP contribution in [-0.4, -0.2) is 36.1 Å². The Kier molecular flexibility index (Phi) is 7.28. The Hall–Kier alpha value is -3.32. The van der Waals surface area contributed by atoms with Crippen LogP contribution in [0.15, 0.2) is 59.4 Å². The van der Waals surface area contributed by atoms with Crippen molar-refractivity contribution in [1.82, 2.24) is 30.1 Å². The zero-order chi connectivity index (χ0) is 25.1. The summed E-state index contributed by atoms with van der Waals surface area (Å²) in [5.74, 6) is 1.14. The van der Waals surface area contributed by atoms with E-state index in [4.69, 9.17) is 0 Å². The van der Waals surface area contributed by atoms with E-state index in [2.05, 4.69) is 69.6 Å². The lowest BCUT2D eigenvalue weighted by molar-refractivity contribution is 0.0611. The van der Waals surface area contributed by atoms with Crippen molar-refractivity contribution >= 4 is 10.9 Å². The summed E-state index contributed by atoms with van der Waals surface area (Å²) < 4.78 is 1.93. The predicted molar refractivity (Wildman–Crippen MR) is 143 cm³/mol. The third kappa shape index (κ3) is 5.26. The van der Waals surface area contributed by atoms with Crippen molar-refractivity contribution in [1.29, 1.82) is 0 Å². The van der Waals surface area contributed by atoms with Crippen LogP contribution in [0.5, 0.6) is 0 Å². The van der Waals surface area contributed by atoms with Gasteiger partial charge >= 0.3 is 0 Å². The van der Waals surface area contributed by atoms with Crippen molar-refractivity contribution in [2.45, 2.75) is 78.0 Å². The number of hydrogen-bond donors (Lipinski definition) is 1. The van der Waals surface area contributed by atoms with Gasteiger partial charge in [0.05, 0.1) is 12.6 Å². The van der Waals surface area contributed by atoms with E-state index in [9.17, 15) is 4.79 Å². The summed E-state index contributed by atoms with van der Waals surface area (Å²) in [6.07, 6.45) is 5.98. The second-order valence-corrected chi connectivity index (χ2v) is 10.5. The standard InChI is InChI=1S/C29H36N6O/c1-20(2)27(28-31-32-33-35(28)18-22-10-6-4-7-11-22)34(25-12-8-5-9-13-25)19-24-17-23-15-14-21(3)16-26(23)30-29(24)36/h4,6-7,10-11,14-17,20,25,27H,5,8-9,12-13,18-19H2,1-3H3,(H,30,36)/t27-/m1/s1. The lowest BCUT2D eigenvalue weighted by Crippen LogP contribution is -2.43. The second-order valence-electron chi connectivity index (χ2n) is 10.5. The van der Waals surface area contributed by atoms with Gasteiger partial charge in [-0.15, -0.1) is 5.10 Å². The minimum atomic E-state index is -0.0136. The summed E-state index contributed by atoms with van der Waals surface area (Å²) in [5, 5.41) is 14.1. The Labute approximate surface area is 212 Å². The number of rotatable bonds is 8. The summed E-state index contributed by atoms with van der Waals surface area (Å²) in [5.41, 5.74) is 3.98. The molecule has 7 nitrogen and oxygen atoms in total. The first-order chi connectivity index (χ1) is 17.5. The second kappa shape index (κ2) is 10.7. The number of tetrazole rings is 1. The van der Waals surface area contributed by atoms with Crippen LogP contribution >= 0.6 is 0 Å². The van der Waals surface area contributed by atoms with Gasteiger partial charge in [0, 0.05) is 23.7 Å². The predicted octanol–water partition coefficient (Wildman–Crippen LogP) is 5.40. The Morgan fingerprint density at radius 2 is 1.83 bits per heavy atom. The zero-order valence-electron chi connectivity index (χ0n) is 21.5. The number of aryl methyl sites for hydroxylation is 1. The number of nitrogens with one attached hydrogen (secondary N) is 1. The maximum absolute atomic E-state index is 13.2. The van der Waals surface area contributed by atoms with E-state index in [0.29, 0.717) is 19.1 Å². The van der Waals surface area contributed by atoms with Gasteiger partial charge in [0.15, 0.2) is 5.82 Å². The third-order valence-corrected chi connectivity index (χ3v) is 7.46. The van der Waals surface area contributed by atoms with Crippen LogP contribution in [-0.2, 0) is 13.1 Å². The van der Waals surface area contributed by atoms with Crippen molar-refractivity contribution in [2.24, 2.45) is 5.92 Å². The normalized spacial score (nSPS) is 15.7. The molecule has 7 heteroatoms. The molecule has 5 rings (SSSR count). The van der Waals surface area contributed by atoms with Crippen LogP contribution < -0.4 is 5.56 Å². The average Bonchev–Trinajstić information content (AvgIpc) is 3.32. The van der Waals surface area contributed by atoms with Gasteiger partial charge in [-0.3, -0.25) is 9.69 Å². The van der Waals surface area contributed by atoms with Crippen molar-refractivity contribution < 1.29 is 0 Å². The van der Waals surface area contributed by atoms with Gasteiger partial charge in [0.25, 0.3) is 5.56 Å². The van der Waals surface area contributed by atoms with Gasteiger partial charge < -0.3 is 4.98 Å². The van der Waals surface area contributed by atoms with Gasteiger partial charge in [-0.1, -0.05) is 75.6 Å². The van der Waals surface area contributed by atoms with Crippen molar-refractivity contribution in [2.75, 3.05) is 0 Å². The SMILES string of the molecule is Cc1ccc2cc(CN(C3CCCCC3)[C@@H](c3nnnn3Cc3ccccc3)C(C)C)c(=O)[nH]c2c1. The fraction of sp³-hybridized carbons (Fsp3) is 0.448. The first kappa shape index (κ1) is 24.4. The van der Waals surface area contributed by atoms with E-state index in [1.54, 1.807) is 0 Å². The van der Waals surface area contributed by atoms with Crippen molar-refractivity contribution in [3.8, 4) is 0 Å². The van der Waals surface area contributed by atoms with Crippen LogP contribution in [0.25, 0.3) is 10.9 Å². The third-order valence-electron chi connectivity index (χ3n) is 7.46. The van der Waals surface area contributed by atoms with Crippen LogP contribution in [0.3, 0.4) is 0 Å². The molecule has 2 aromatic heterocycles. The Morgan fingerprint density at radius 3 is 2.58 bits per heavy atom. The number of aromatic nitrogens is 5. The van der Waals surface area contributed by atoms with Crippen molar-refractivity contribution in [3.63, 3.8) is 0 Å². The molecule has 1 aliphatic carbocycles. The molecule has 1 fully saturated rings. The minimum absolute atomic E-state index is 0.0000676. The highest BCUT2D eigenvalue weighted by Gasteiger charge is 2.35. The van der Waals surface area contributed by atoms with E-state index in [1.165, 1.54) is 24.8 Å². The molecule has 188 valence electrons. The molecule has 1 aliphatic rings. The van der Waals surface area contributed by atoms with Crippen LogP contribution in [0, 0.1) is 12.8 Å². The van der Waals surface area contributed by atoms with Crippen LogP contribution in [0.1, 0.15) is 74.5 Å². The molecule has 0 radical (unpaired) electrons. The van der Waals surface area contributed by atoms with Gasteiger partial charge in [-0.2, -0.15) is 0 Å². The molecule has 0 bridgehead atoms. The molecule has 2 aromatic carbocycles. The average molecular weight is 485 g/mol. The molecule has 1 atom stereocenters. The number of benzene rings is 2. The molecule has 0 aliphatic heterocycles. The number of aromatic amines is 1. The molecule has 2 heterocycles. The largest absolute Gasteiger partial charge is 0.322 e. The molecule has 0 amide bonds. The summed E-state index contributed by atoms with van der Waals surface area (Å²) >= 11 is 0. The Bertz CT molecular complexity index is 1350. The molecule has 0 spiro atoms. The summed E-state index contributed by atoms with van der Waals surface area (Å²) in [7, 11) is 0. The smallest absolute Gasteiger partial charge is 0.252 e.